The predicted octanol–water partition coefficient (Wildman–Crippen LogP) is 5.88. The second-order valence-electron chi connectivity index (χ2n) is 10.3. The molecule has 41 heavy (non-hydrogen) atoms. The molecule has 2 unspecified atom stereocenters. The number of halogens is 2. The SMILES string of the molecule is Cc1cc(Oc2cccc(F)c2F)cc(C)c1-n1ncc(C2COCC(C(=O)c3cc4ccccc4[nH]3)N2C)c1N. The molecule has 5 aromatic rings. The maximum Gasteiger partial charge on any atom is 0.201 e. The van der Waals surface area contributed by atoms with E-state index in [2.05, 4.69) is 10.1 Å². The lowest BCUT2D eigenvalue weighted by molar-refractivity contribution is -0.0277. The topological polar surface area (TPSA) is 98.4 Å². The van der Waals surface area contributed by atoms with Crippen molar-refractivity contribution < 1.29 is 23.0 Å². The number of para-hydroxylation sites is 1. The van der Waals surface area contributed by atoms with Gasteiger partial charge in [-0.1, -0.05) is 24.3 Å². The molecule has 2 atom stereocenters. The quantitative estimate of drug-likeness (QED) is 0.253. The average molecular weight is 558 g/mol. The summed E-state index contributed by atoms with van der Waals surface area (Å²) in [4.78, 5) is 18.7. The first kappa shape index (κ1) is 26.7. The van der Waals surface area contributed by atoms with Crippen molar-refractivity contribution in [1.29, 1.82) is 0 Å². The van der Waals surface area contributed by atoms with Crippen molar-refractivity contribution in [1.82, 2.24) is 19.7 Å². The smallest absolute Gasteiger partial charge is 0.201 e. The van der Waals surface area contributed by atoms with Crippen LogP contribution in [0.2, 0.25) is 0 Å². The Labute approximate surface area is 235 Å². The largest absolute Gasteiger partial charge is 0.454 e. The Morgan fingerprint density at radius 3 is 2.59 bits per heavy atom. The van der Waals surface area contributed by atoms with E-state index in [0.717, 1.165) is 39.3 Å². The van der Waals surface area contributed by atoms with E-state index in [1.807, 2.05) is 56.1 Å². The zero-order valence-electron chi connectivity index (χ0n) is 22.8. The summed E-state index contributed by atoms with van der Waals surface area (Å²) >= 11 is 0. The normalized spacial score (nSPS) is 17.7. The first-order valence-electron chi connectivity index (χ1n) is 13.2. The van der Waals surface area contributed by atoms with Gasteiger partial charge in [0, 0.05) is 16.5 Å². The van der Waals surface area contributed by atoms with E-state index in [0.29, 0.717) is 23.9 Å². The number of hydrogen-bond acceptors (Lipinski definition) is 6. The number of likely N-dealkylation sites (N-methyl/N-ethyl adjacent to an activating group) is 1. The number of aromatic amines is 1. The van der Waals surface area contributed by atoms with E-state index in [1.54, 1.807) is 23.0 Å². The molecule has 0 amide bonds. The number of aromatic nitrogens is 3. The number of benzene rings is 3. The molecule has 210 valence electrons. The van der Waals surface area contributed by atoms with Crippen LogP contribution in [0, 0.1) is 25.5 Å². The molecule has 10 heteroatoms. The third-order valence-electron chi connectivity index (χ3n) is 7.65. The standard InChI is InChI=1S/C31H29F2N5O3/c1-17-11-20(41-27-10-6-8-22(32)28(27)33)12-18(2)29(17)38-31(34)21(14-35-38)25-15-40-16-26(37(25)3)30(39)24-13-19-7-4-5-9-23(19)36-24/h4-14,25-26,36H,15-16,34H2,1-3H3. The molecular weight excluding hydrogens is 528 g/mol. The van der Waals surface area contributed by atoms with E-state index in [9.17, 15) is 13.6 Å². The van der Waals surface area contributed by atoms with Crippen molar-refractivity contribution in [2.75, 3.05) is 26.0 Å². The van der Waals surface area contributed by atoms with Gasteiger partial charge in [0.15, 0.2) is 17.3 Å². The summed E-state index contributed by atoms with van der Waals surface area (Å²) in [6.07, 6.45) is 1.70. The van der Waals surface area contributed by atoms with Crippen molar-refractivity contribution in [3.63, 3.8) is 0 Å². The Hall–Kier alpha value is -4.54. The van der Waals surface area contributed by atoms with Crippen LogP contribution >= 0.6 is 0 Å². The van der Waals surface area contributed by atoms with Gasteiger partial charge in [-0.2, -0.15) is 9.49 Å². The number of Topliss-reactive ketones (excluding diaryl/α,β-unsaturated/α-hetero) is 1. The van der Waals surface area contributed by atoms with Crippen LogP contribution in [0.3, 0.4) is 0 Å². The monoisotopic (exact) mass is 557 g/mol. The first-order valence-corrected chi connectivity index (χ1v) is 13.2. The number of rotatable bonds is 6. The van der Waals surface area contributed by atoms with Crippen LogP contribution in [-0.4, -0.2) is 51.8 Å². The molecule has 2 aromatic heterocycles. The predicted molar refractivity (Wildman–Crippen MR) is 152 cm³/mol. The zero-order chi connectivity index (χ0) is 28.8. The molecule has 8 nitrogen and oxygen atoms in total. The molecular formula is C31H29F2N5O3. The summed E-state index contributed by atoms with van der Waals surface area (Å²) < 4.78 is 41.0. The van der Waals surface area contributed by atoms with E-state index in [4.69, 9.17) is 15.2 Å². The maximum absolute atomic E-state index is 14.2. The molecule has 0 aliphatic carbocycles. The van der Waals surface area contributed by atoms with Crippen LogP contribution in [0.25, 0.3) is 16.6 Å². The Balaban J connectivity index is 1.26. The van der Waals surface area contributed by atoms with Gasteiger partial charge < -0.3 is 20.2 Å². The number of anilines is 1. The number of nitrogens with one attached hydrogen (secondary N) is 1. The molecule has 1 saturated heterocycles. The third kappa shape index (κ3) is 4.75. The summed E-state index contributed by atoms with van der Waals surface area (Å²) in [6, 6.07) is 16.1. The average Bonchev–Trinajstić information content (AvgIpc) is 3.55. The minimum atomic E-state index is -1.05. The highest BCUT2D eigenvalue weighted by Crippen LogP contribution is 2.35. The second-order valence-corrected chi connectivity index (χ2v) is 10.3. The van der Waals surface area contributed by atoms with Gasteiger partial charge in [-0.25, -0.2) is 9.07 Å². The lowest BCUT2D eigenvalue weighted by atomic mass is 10.0. The van der Waals surface area contributed by atoms with Gasteiger partial charge in [-0.15, -0.1) is 0 Å². The highest BCUT2D eigenvalue weighted by Gasteiger charge is 2.37. The summed E-state index contributed by atoms with van der Waals surface area (Å²) in [7, 11) is 1.89. The van der Waals surface area contributed by atoms with Gasteiger partial charge in [0.05, 0.1) is 42.9 Å². The molecule has 3 heterocycles. The van der Waals surface area contributed by atoms with Crippen LogP contribution in [0.1, 0.15) is 33.2 Å². The Morgan fingerprint density at radius 2 is 1.83 bits per heavy atom. The minimum absolute atomic E-state index is 0.0589. The van der Waals surface area contributed by atoms with Gasteiger partial charge in [0.25, 0.3) is 0 Å². The number of carbonyl (C=O) groups is 1. The number of ether oxygens (including phenoxy) is 2. The third-order valence-corrected chi connectivity index (χ3v) is 7.65. The number of ketones is 1. The number of morpholine rings is 1. The van der Waals surface area contributed by atoms with Gasteiger partial charge in [-0.05, 0) is 68.4 Å². The lowest BCUT2D eigenvalue weighted by Gasteiger charge is -2.38. The van der Waals surface area contributed by atoms with Crippen molar-refractivity contribution in [3.8, 4) is 17.2 Å². The molecule has 6 rings (SSSR count). The molecule has 0 saturated carbocycles. The number of H-pyrrole nitrogens is 1. The molecule has 3 N–H and O–H groups in total. The number of aryl methyl sites for hydroxylation is 2. The number of fused-ring (bicyclic) bond motifs is 1. The van der Waals surface area contributed by atoms with Crippen LogP contribution in [0.4, 0.5) is 14.6 Å². The number of hydrogen-bond donors (Lipinski definition) is 2. The molecule has 1 aliphatic rings. The summed E-state index contributed by atoms with van der Waals surface area (Å²) in [5.74, 6) is -1.51. The lowest BCUT2D eigenvalue weighted by Crippen LogP contribution is -2.49. The highest BCUT2D eigenvalue weighted by atomic mass is 19.2. The fourth-order valence-electron chi connectivity index (χ4n) is 5.50. The molecule has 1 fully saturated rings. The number of nitrogens with zero attached hydrogens (tertiary/aromatic N) is 3. The van der Waals surface area contributed by atoms with Crippen molar-refractivity contribution in [2.45, 2.75) is 25.9 Å². The van der Waals surface area contributed by atoms with E-state index >= 15 is 0 Å². The molecule has 0 spiro atoms. The van der Waals surface area contributed by atoms with Gasteiger partial charge in [0.2, 0.25) is 5.82 Å². The van der Waals surface area contributed by atoms with Crippen LogP contribution in [-0.2, 0) is 4.74 Å². The Bertz CT molecular complexity index is 1720. The summed E-state index contributed by atoms with van der Waals surface area (Å²) in [5, 5.41) is 5.55. The number of nitrogens with two attached hydrogens (primary N) is 1. The van der Waals surface area contributed by atoms with E-state index in [-0.39, 0.29) is 24.2 Å². The molecule has 3 aromatic carbocycles. The zero-order valence-corrected chi connectivity index (χ0v) is 22.8. The fourth-order valence-corrected chi connectivity index (χ4v) is 5.50. The van der Waals surface area contributed by atoms with Gasteiger partial charge in [-0.3, -0.25) is 9.69 Å². The molecule has 1 aliphatic heterocycles. The number of nitrogen functional groups attached to an aromatic ring is 1. The first-order chi connectivity index (χ1) is 19.7. The number of carbonyl (C=O) groups excluding carboxylic acids is 1. The van der Waals surface area contributed by atoms with Crippen molar-refractivity contribution in [2.24, 2.45) is 0 Å². The van der Waals surface area contributed by atoms with Crippen LogP contribution in [0.5, 0.6) is 11.5 Å². The van der Waals surface area contributed by atoms with Crippen molar-refractivity contribution >= 4 is 22.5 Å². The van der Waals surface area contributed by atoms with Crippen molar-refractivity contribution in [3.05, 3.63) is 101 Å². The Kier molecular flexibility index (Phi) is 6.80. The maximum atomic E-state index is 14.2. The van der Waals surface area contributed by atoms with Crippen LogP contribution < -0.4 is 10.5 Å². The van der Waals surface area contributed by atoms with E-state index < -0.39 is 17.7 Å². The van der Waals surface area contributed by atoms with Gasteiger partial charge >= 0.3 is 0 Å². The fraction of sp³-hybridized carbons (Fsp3) is 0.226. The second kappa shape index (κ2) is 10.5. The molecule has 0 bridgehead atoms. The Morgan fingerprint density at radius 1 is 1.07 bits per heavy atom. The minimum Gasteiger partial charge on any atom is -0.454 e. The summed E-state index contributed by atoms with van der Waals surface area (Å²) in [6.45, 7) is 4.35. The summed E-state index contributed by atoms with van der Waals surface area (Å²) in [5.41, 5.74) is 11.1. The van der Waals surface area contributed by atoms with Gasteiger partial charge in [0.1, 0.15) is 11.6 Å². The molecule has 0 radical (unpaired) electrons. The van der Waals surface area contributed by atoms with Crippen LogP contribution in [0.15, 0.2) is 66.9 Å². The highest BCUT2D eigenvalue weighted by molar-refractivity contribution is 6.02. The van der Waals surface area contributed by atoms with E-state index in [1.165, 1.54) is 12.1 Å².